The van der Waals surface area contributed by atoms with E-state index in [-0.39, 0.29) is 6.04 Å². The van der Waals surface area contributed by atoms with Crippen LogP contribution in [-0.2, 0) is 6.42 Å². The van der Waals surface area contributed by atoms with E-state index in [1.165, 1.54) is 0 Å². The Bertz CT molecular complexity index is 700. The molecule has 0 spiro atoms. The maximum atomic E-state index is 5.90. The summed E-state index contributed by atoms with van der Waals surface area (Å²) in [6, 6.07) is 12.2. The smallest absolute Gasteiger partial charge is 0.157 e. The standard InChI is InChI=1S/C15H16N4/c1-11(16)9-12-6-4-8-17-15(12)19-14-7-3-2-5-13(14)10-18-19/h2-8,10-11H,9,16H2,1H3. The number of pyridine rings is 1. The summed E-state index contributed by atoms with van der Waals surface area (Å²) in [4.78, 5) is 4.47. The Morgan fingerprint density at radius 3 is 2.89 bits per heavy atom. The van der Waals surface area contributed by atoms with Gasteiger partial charge < -0.3 is 5.73 Å². The van der Waals surface area contributed by atoms with Gasteiger partial charge in [0.1, 0.15) is 0 Å². The summed E-state index contributed by atoms with van der Waals surface area (Å²) in [5.41, 5.74) is 8.08. The Hall–Kier alpha value is -2.20. The third-order valence-corrected chi connectivity index (χ3v) is 3.09. The minimum atomic E-state index is 0.102. The topological polar surface area (TPSA) is 56.7 Å². The molecule has 1 atom stereocenters. The number of benzene rings is 1. The van der Waals surface area contributed by atoms with Crippen molar-refractivity contribution in [3.05, 3.63) is 54.4 Å². The van der Waals surface area contributed by atoms with Gasteiger partial charge in [0.05, 0.1) is 11.7 Å². The lowest BCUT2D eigenvalue weighted by Gasteiger charge is -2.11. The molecule has 96 valence electrons. The van der Waals surface area contributed by atoms with Gasteiger partial charge in [-0.2, -0.15) is 5.10 Å². The number of rotatable bonds is 3. The van der Waals surface area contributed by atoms with Gasteiger partial charge in [-0.3, -0.25) is 0 Å². The highest BCUT2D eigenvalue weighted by atomic mass is 15.3. The second-order valence-corrected chi connectivity index (χ2v) is 4.78. The summed E-state index contributed by atoms with van der Waals surface area (Å²) in [6.45, 7) is 2.00. The van der Waals surface area contributed by atoms with E-state index < -0.39 is 0 Å². The summed E-state index contributed by atoms with van der Waals surface area (Å²) >= 11 is 0. The molecule has 1 aromatic carbocycles. The van der Waals surface area contributed by atoms with Gasteiger partial charge >= 0.3 is 0 Å². The van der Waals surface area contributed by atoms with Gasteiger partial charge in [0.25, 0.3) is 0 Å². The van der Waals surface area contributed by atoms with Crippen molar-refractivity contribution >= 4 is 10.9 Å². The molecule has 0 bridgehead atoms. The highest BCUT2D eigenvalue weighted by molar-refractivity contribution is 5.79. The molecular weight excluding hydrogens is 236 g/mol. The molecule has 3 aromatic rings. The fourth-order valence-electron chi connectivity index (χ4n) is 2.27. The second-order valence-electron chi connectivity index (χ2n) is 4.78. The van der Waals surface area contributed by atoms with Crippen LogP contribution in [0.4, 0.5) is 0 Å². The van der Waals surface area contributed by atoms with E-state index in [9.17, 15) is 0 Å². The van der Waals surface area contributed by atoms with Crippen LogP contribution in [0.25, 0.3) is 16.7 Å². The first-order valence-electron chi connectivity index (χ1n) is 6.38. The van der Waals surface area contributed by atoms with Crippen molar-refractivity contribution in [2.24, 2.45) is 5.73 Å². The molecule has 4 nitrogen and oxygen atoms in total. The Labute approximate surface area is 111 Å². The molecule has 0 fully saturated rings. The number of nitrogens with two attached hydrogens (primary N) is 1. The molecule has 2 aromatic heterocycles. The molecular formula is C15H16N4. The maximum absolute atomic E-state index is 5.90. The number of fused-ring (bicyclic) bond motifs is 1. The molecule has 2 N–H and O–H groups in total. The summed E-state index contributed by atoms with van der Waals surface area (Å²) in [5, 5.41) is 5.56. The Balaban J connectivity index is 2.16. The van der Waals surface area contributed by atoms with E-state index in [1.807, 2.05) is 48.1 Å². The second kappa shape index (κ2) is 4.82. The predicted molar refractivity (Wildman–Crippen MR) is 76.2 cm³/mol. The molecule has 19 heavy (non-hydrogen) atoms. The zero-order chi connectivity index (χ0) is 13.2. The van der Waals surface area contributed by atoms with Gasteiger partial charge in [-0.25, -0.2) is 9.67 Å². The van der Waals surface area contributed by atoms with Crippen molar-refractivity contribution in [2.75, 3.05) is 0 Å². The molecule has 0 aliphatic heterocycles. The van der Waals surface area contributed by atoms with Crippen LogP contribution in [-0.4, -0.2) is 20.8 Å². The molecule has 1 unspecified atom stereocenters. The zero-order valence-electron chi connectivity index (χ0n) is 10.8. The number of hydrogen-bond donors (Lipinski definition) is 1. The summed E-state index contributed by atoms with van der Waals surface area (Å²) < 4.78 is 1.88. The summed E-state index contributed by atoms with van der Waals surface area (Å²) in [5.74, 6) is 0.862. The van der Waals surface area contributed by atoms with Gasteiger partial charge in [-0.15, -0.1) is 0 Å². The minimum absolute atomic E-state index is 0.102. The number of aromatic nitrogens is 3. The fourth-order valence-corrected chi connectivity index (χ4v) is 2.27. The highest BCUT2D eigenvalue weighted by Gasteiger charge is 2.11. The van der Waals surface area contributed by atoms with Crippen LogP contribution in [0, 0.1) is 0 Å². The molecule has 0 radical (unpaired) electrons. The van der Waals surface area contributed by atoms with Crippen LogP contribution < -0.4 is 5.73 Å². The fraction of sp³-hybridized carbons (Fsp3) is 0.200. The first-order valence-corrected chi connectivity index (χ1v) is 6.38. The van der Waals surface area contributed by atoms with Crippen LogP contribution in [0.1, 0.15) is 12.5 Å². The van der Waals surface area contributed by atoms with E-state index in [0.717, 1.165) is 28.7 Å². The van der Waals surface area contributed by atoms with Gasteiger partial charge in [-0.05, 0) is 31.0 Å². The van der Waals surface area contributed by atoms with Gasteiger partial charge in [0.15, 0.2) is 5.82 Å². The van der Waals surface area contributed by atoms with Crippen LogP contribution in [0.5, 0.6) is 0 Å². The van der Waals surface area contributed by atoms with E-state index in [0.29, 0.717) is 0 Å². The molecule has 0 saturated heterocycles. The largest absolute Gasteiger partial charge is 0.328 e. The number of nitrogens with zero attached hydrogens (tertiary/aromatic N) is 3. The highest BCUT2D eigenvalue weighted by Crippen LogP contribution is 2.19. The number of hydrogen-bond acceptors (Lipinski definition) is 3. The van der Waals surface area contributed by atoms with Crippen LogP contribution in [0.15, 0.2) is 48.8 Å². The molecule has 2 heterocycles. The lowest BCUT2D eigenvalue weighted by Crippen LogP contribution is -2.19. The molecule has 0 saturated carbocycles. The van der Waals surface area contributed by atoms with E-state index in [1.54, 1.807) is 6.20 Å². The third kappa shape index (κ3) is 2.22. The average Bonchev–Trinajstić information content (AvgIpc) is 2.82. The number of para-hydroxylation sites is 1. The van der Waals surface area contributed by atoms with Crippen LogP contribution in [0.2, 0.25) is 0 Å². The van der Waals surface area contributed by atoms with E-state index >= 15 is 0 Å². The SMILES string of the molecule is CC(N)Cc1cccnc1-n1ncc2ccccc21. The van der Waals surface area contributed by atoms with Crippen molar-refractivity contribution in [3.8, 4) is 5.82 Å². The maximum Gasteiger partial charge on any atom is 0.157 e. The van der Waals surface area contributed by atoms with Crippen molar-refractivity contribution in [1.82, 2.24) is 14.8 Å². The third-order valence-electron chi connectivity index (χ3n) is 3.09. The van der Waals surface area contributed by atoms with Crippen molar-refractivity contribution in [3.63, 3.8) is 0 Å². The Morgan fingerprint density at radius 2 is 2.05 bits per heavy atom. The summed E-state index contributed by atoms with van der Waals surface area (Å²) in [6.07, 6.45) is 4.44. The quantitative estimate of drug-likeness (QED) is 0.778. The first-order chi connectivity index (χ1) is 9.25. The zero-order valence-corrected chi connectivity index (χ0v) is 10.8. The van der Waals surface area contributed by atoms with E-state index in [4.69, 9.17) is 5.73 Å². The summed E-state index contributed by atoms with van der Waals surface area (Å²) in [7, 11) is 0. The van der Waals surface area contributed by atoms with Gasteiger partial charge in [-0.1, -0.05) is 24.3 Å². The Kier molecular flexibility index (Phi) is 3.01. The molecule has 4 heteroatoms. The predicted octanol–water partition coefficient (Wildman–Crippen LogP) is 2.31. The Morgan fingerprint density at radius 1 is 1.21 bits per heavy atom. The average molecular weight is 252 g/mol. The van der Waals surface area contributed by atoms with Crippen molar-refractivity contribution in [2.45, 2.75) is 19.4 Å². The van der Waals surface area contributed by atoms with Gasteiger partial charge in [0, 0.05) is 17.6 Å². The lowest BCUT2D eigenvalue weighted by molar-refractivity contribution is 0.723. The molecule has 0 amide bonds. The molecule has 0 aliphatic rings. The van der Waals surface area contributed by atoms with Crippen LogP contribution >= 0.6 is 0 Å². The molecule has 3 rings (SSSR count). The minimum Gasteiger partial charge on any atom is -0.328 e. The van der Waals surface area contributed by atoms with Gasteiger partial charge in [0.2, 0.25) is 0 Å². The monoisotopic (exact) mass is 252 g/mol. The van der Waals surface area contributed by atoms with Crippen molar-refractivity contribution < 1.29 is 0 Å². The van der Waals surface area contributed by atoms with Crippen LogP contribution in [0.3, 0.4) is 0 Å². The first kappa shape index (κ1) is 11.9. The van der Waals surface area contributed by atoms with Crippen molar-refractivity contribution in [1.29, 1.82) is 0 Å². The van der Waals surface area contributed by atoms with E-state index in [2.05, 4.69) is 16.1 Å². The molecule has 0 aliphatic carbocycles. The lowest BCUT2D eigenvalue weighted by atomic mass is 10.1. The normalized spacial score (nSPS) is 12.7.